The summed E-state index contributed by atoms with van der Waals surface area (Å²) in [5, 5.41) is 3.90. The number of hydrogen-bond acceptors (Lipinski definition) is 3. The summed E-state index contributed by atoms with van der Waals surface area (Å²) in [4.78, 5) is 26.9. The van der Waals surface area contributed by atoms with E-state index >= 15 is 0 Å². The van der Waals surface area contributed by atoms with Crippen molar-refractivity contribution < 1.29 is 18.8 Å². The van der Waals surface area contributed by atoms with Crippen molar-refractivity contribution in [2.45, 2.75) is 64.5 Å². The number of aryl methyl sites for hydroxylation is 2. The Labute approximate surface area is 201 Å². The lowest BCUT2D eigenvalue weighted by Gasteiger charge is -2.57. The SMILES string of the molecule is Cc1cc(Cl)cc(C)c1NC(=O)C1([N+]2(CC(=O)OCc3ccccc3)CCCCC2)CCC1. The standard InChI is InChI=1S/C27H33ClN2O3/c1-20-16-23(28)17-21(2)25(20)29-26(32)27(12-9-13-27)30(14-7-4-8-15-30)18-24(31)33-19-22-10-5-3-6-11-22/h3,5-6,10-11,16-17H,4,7-9,12-15,18-19H2,1-2H3/p+1. The Morgan fingerprint density at radius 2 is 1.64 bits per heavy atom. The highest BCUT2D eigenvalue weighted by Crippen LogP contribution is 2.46. The fourth-order valence-corrected chi connectivity index (χ4v) is 5.98. The van der Waals surface area contributed by atoms with E-state index in [1.807, 2.05) is 56.3 Å². The molecule has 0 atom stereocenters. The highest BCUT2D eigenvalue weighted by molar-refractivity contribution is 6.30. The van der Waals surface area contributed by atoms with Crippen molar-refractivity contribution in [2.75, 3.05) is 25.0 Å². The van der Waals surface area contributed by atoms with Gasteiger partial charge in [0.05, 0.1) is 13.1 Å². The number of amides is 1. The summed E-state index contributed by atoms with van der Waals surface area (Å²) in [6.07, 6.45) is 5.81. The molecule has 1 saturated heterocycles. The summed E-state index contributed by atoms with van der Waals surface area (Å²) >= 11 is 6.20. The maximum Gasteiger partial charge on any atom is 0.362 e. The monoisotopic (exact) mass is 469 g/mol. The van der Waals surface area contributed by atoms with Crippen LogP contribution in [-0.4, -0.2) is 41.5 Å². The zero-order chi connectivity index (χ0) is 23.5. The van der Waals surface area contributed by atoms with Crippen molar-refractivity contribution in [3.63, 3.8) is 0 Å². The Morgan fingerprint density at radius 1 is 1.00 bits per heavy atom. The summed E-state index contributed by atoms with van der Waals surface area (Å²) in [6, 6.07) is 13.5. The van der Waals surface area contributed by atoms with E-state index in [1.165, 1.54) is 0 Å². The number of rotatable bonds is 7. The Balaban J connectivity index is 1.55. The van der Waals surface area contributed by atoms with E-state index in [0.717, 1.165) is 74.0 Å². The molecule has 0 unspecified atom stereocenters. The van der Waals surface area contributed by atoms with Gasteiger partial charge in [-0.05, 0) is 68.4 Å². The van der Waals surface area contributed by atoms with Crippen LogP contribution in [0.25, 0.3) is 0 Å². The molecule has 2 aromatic rings. The van der Waals surface area contributed by atoms with Crippen molar-refractivity contribution in [1.29, 1.82) is 0 Å². The van der Waals surface area contributed by atoms with Gasteiger partial charge >= 0.3 is 5.97 Å². The number of piperidine rings is 1. The molecule has 0 bridgehead atoms. The van der Waals surface area contributed by atoms with Crippen molar-refractivity contribution in [2.24, 2.45) is 0 Å². The van der Waals surface area contributed by atoms with Gasteiger partial charge in [0, 0.05) is 23.6 Å². The van der Waals surface area contributed by atoms with Gasteiger partial charge in [-0.1, -0.05) is 41.9 Å². The molecular weight excluding hydrogens is 436 g/mol. The molecule has 2 aromatic carbocycles. The highest BCUT2D eigenvalue weighted by atomic mass is 35.5. The number of ether oxygens (including phenoxy) is 1. The van der Waals surface area contributed by atoms with Crippen molar-refractivity contribution in [3.05, 3.63) is 64.2 Å². The van der Waals surface area contributed by atoms with Crippen LogP contribution < -0.4 is 5.32 Å². The fraction of sp³-hybridized carbons (Fsp3) is 0.481. The molecule has 1 heterocycles. The third-order valence-electron chi connectivity index (χ3n) is 7.59. The van der Waals surface area contributed by atoms with Crippen LogP contribution in [0.1, 0.15) is 55.2 Å². The summed E-state index contributed by atoms with van der Waals surface area (Å²) in [5.41, 5.74) is 3.13. The molecule has 0 aromatic heterocycles. The smallest absolute Gasteiger partial charge is 0.362 e. The average molecular weight is 470 g/mol. The molecule has 0 spiro atoms. The number of quaternary nitrogens is 1. The molecule has 4 rings (SSSR count). The van der Waals surface area contributed by atoms with Gasteiger partial charge in [0.15, 0.2) is 12.1 Å². The first-order valence-corrected chi connectivity index (χ1v) is 12.4. The van der Waals surface area contributed by atoms with E-state index in [4.69, 9.17) is 16.3 Å². The van der Waals surface area contributed by atoms with Crippen LogP contribution in [0.2, 0.25) is 5.02 Å². The number of esters is 1. The van der Waals surface area contributed by atoms with Crippen LogP contribution in [0.5, 0.6) is 0 Å². The third-order valence-corrected chi connectivity index (χ3v) is 7.81. The van der Waals surface area contributed by atoms with E-state index in [0.29, 0.717) is 9.51 Å². The van der Waals surface area contributed by atoms with Gasteiger partial charge in [0.1, 0.15) is 6.61 Å². The normalized spacial score (nSPS) is 18.8. The molecule has 0 radical (unpaired) electrons. The maximum atomic E-state index is 13.9. The van der Waals surface area contributed by atoms with Gasteiger partial charge in [0.25, 0.3) is 5.91 Å². The van der Waals surface area contributed by atoms with Crippen LogP contribution in [0.3, 0.4) is 0 Å². The molecule has 33 heavy (non-hydrogen) atoms. The minimum Gasteiger partial charge on any atom is -0.457 e. The Bertz CT molecular complexity index is 988. The van der Waals surface area contributed by atoms with E-state index in [9.17, 15) is 9.59 Å². The highest BCUT2D eigenvalue weighted by Gasteiger charge is 2.61. The molecule has 1 aliphatic carbocycles. The predicted molar refractivity (Wildman–Crippen MR) is 131 cm³/mol. The molecule has 1 amide bonds. The number of nitrogens with zero attached hydrogens (tertiary/aromatic N) is 1. The van der Waals surface area contributed by atoms with Gasteiger partial charge in [-0.15, -0.1) is 0 Å². The molecule has 1 N–H and O–H groups in total. The topological polar surface area (TPSA) is 55.4 Å². The number of halogens is 1. The van der Waals surface area contributed by atoms with Crippen molar-refractivity contribution in [1.82, 2.24) is 0 Å². The molecule has 2 fully saturated rings. The molecule has 5 nitrogen and oxygen atoms in total. The van der Waals surface area contributed by atoms with Gasteiger partial charge in [-0.2, -0.15) is 0 Å². The fourth-order valence-electron chi connectivity index (χ4n) is 5.65. The minimum absolute atomic E-state index is 0.0278. The number of carbonyl (C=O) groups excluding carboxylic acids is 2. The average Bonchev–Trinajstić information content (AvgIpc) is 2.75. The maximum absolute atomic E-state index is 13.9. The molecular formula is C27H34ClN2O3+. The number of carbonyl (C=O) groups is 2. The molecule has 1 aliphatic heterocycles. The lowest BCUT2D eigenvalue weighted by molar-refractivity contribution is -0.970. The summed E-state index contributed by atoms with van der Waals surface area (Å²) in [7, 11) is 0. The minimum atomic E-state index is -0.579. The van der Waals surface area contributed by atoms with Gasteiger partial charge in [-0.25, -0.2) is 4.79 Å². The van der Waals surface area contributed by atoms with Crippen molar-refractivity contribution in [3.8, 4) is 0 Å². The van der Waals surface area contributed by atoms with Crippen LogP contribution in [-0.2, 0) is 20.9 Å². The second-order valence-electron chi connectivity index (χ2n) is 9.71. The quantitative estimate of drug-likeness (QED) is 0.426. The number of benzene rings is 2. The second-order valence-corrected chi connectivity index (χ2v) is 10.1. The van der Waals surface area contributed by atoms with Crippen molar-refractivity contribution >= 4 is 29.2 Å². The zero-order valence-corrected chi connectivity index (χ0v) is 20.4. The van der Waals surface area contributed by atoms with Crippen LogP contribution in [0.15, 0.2) is 42.5 Å². The summed E-state index contributed by atoms with van der Waals surface area (Å²) < 4.78 is 6.18. The largest absolute Gasteiger partial charge is 0.457 e. The van der Waals surface area contributed by atoms with Crippen LogP contribution in [0.4, 0.5) is 5.69 Å². The lowest BCUT2D eigenvalue weighted by atomic mass is 9.71. The molecule has 2 aliphatic rings. The van der Waals surface area contributed by atoms with E-state index < -0.39 is 5.54 Å². The van der Waals surface area contributed by atoms with E-state index in [-0.39, 0.29) is 25.0 Å². The van der Waals surface area contributed by atoms with Gasteiger partial charge in [0.2, 0.25) is 0 Å². The molecule has 176 valence electrons. The Kier molecular flexibility index (Phi) is 7.10. The summed E-state index contributed by atoms with van der Waals surface area (Å²) in [5.74, 6) is -0.196. The number of anilines is 1. The first-order chi connectivity index (χ1) is 15.9. The van der Waals surface area contributed by atoms with E-state index in [2.05, 4.69) is 5.32 Å². The summed E-state index contributed by atoms with van der Waals surface area (Å²) in [6.45, 7) is 6.13. The first-order valence-electron chi connectivity index (χ1n) is 12.0. The number of likely N-dealkylation sites (tertiary alicyclic amines) is 1. The predicted octanol–water partition coefficient (Wildman–Crippen LogP) is 5.56. The van der Waals surface area contributed by atoms with Crippen LogP contribution in [0, 0.1) is 13.8 Å². The first kappa shape index (κ1) is 23.8. The molecule has 1 saturated carbocycles. The third kappa shape index (κ3) is 4.80. The van der Waals surface area contributed by atoms with Gasteiger partial charge < -0.3 is 14.5 Å². The zero-order valence-electron chi connectivity index (χ0n) is 19.7. The lowest BCUT2D eigenvalue weighted by Crippen LogP contribution is -2.74. The molecule has 6 heteroatoms. The Hall–Kier alpha value is -2.37. The number of hydrogen-bond donors (Lipinski definition) is 1. The van der Waals surface area contributed by atoms with Gasteiger partial charge in [-0.3, -0.25) is 4.79 Å². The van der Waals surface area contributed by atoms with E-state index in [1.54, 1.807) is 0 Å². The second kappa shape index (κ2) is 9.86. The van der Waals surface area contributed by atoms with Crippen LogP contribution >= 0.6 is 11.6 Å². The number of nitrogens with one attached hydrogen (secondary N) is 1. The Morgan fingerprint density at radius 3 is 2.21 bits per heavy atom.